The zero-order valence-electron chi connectivity index (χ0n) is 17.0. The lowest BCUT2D eigenvalue weighted by Gasteiger charge is -2.13. The first-order chi connectivity index (χ1) is 13.9. The number of carbonyl (C=O) groups is 2. The van der Waals surface area contributed by atoms with Crippen molar-refractivity contribution >= 4 is 28.3 Å². The molecule has 2 amide bonds. The average Bonchev–Trinajstić information content (AvgIpc) is 2.70. The standard InChI is InChI=1S/C24H26N2O3/c1-16(2)14-25-23(27)15-29-22-12-11-21(19-9-4-5-10-20(19)22)24(28)26-18-8-6-7-17(3)13-18/h4-13,16H,14-15H2,1-3H3,(H,25,27)(H,26,28). The fraction of sp³-hybridized carbons (Fsp3) is 0.250. The van der Waals surface area contributed by atoms with Gasteiger partial charge in [0.05, 0.1) is 0 Å². The number of benzene rings is 3. The second-order valence-electron chi connectivity index (χ2n) is 7.47. The van der Waals surface area contributed by atoms with Crippen molar-refractivity contribution in [1.29, 1.82) is 0 Å². The molecule has 0 unspecified atom stereocenters. The van der Waals surface area contributed by atoms with Crippen molar-refractivity contribution in [3.8, 4) is 5.75 Å². The molecule has 0 aliphatic rings. The molecule has 5 nitrogen and oxygen atoms in total. The molecule has 29 heavy (non-hydrogen) atoms. The van der Waals surface area contributed by atoms with Crippen molar-refractivity contribution in [1.82, 2.24) is 5.32 Å². The highest BCUT2D eigenvalue weighted by Crippen LogP contribution is 2.29. The van der Waals surface area contributed by atoms with E-state index in [2.05, 4.69) is 10.6 Å². The maximum absolute atomic E-state index is 12.8. The van der Waals surface area contributed by atoms with Crippen LogP contribution in [0.1, 0.15) is 29.8 Å². The Hall–Kier alpha value is -3.34. The van der Waals surface area contributed by atoms with Crippen LogP contribution in [0.2, 0.25) is 0 Å². The van der Waals surface area contributed by atoms with Gasteiger partial charge in [0.2, 0.25) is 0 Å². The molecule has 0 aromatic heterocycles. The van der Waals surface area contributed by atoms with Crippen molar-refractivity contribution in [2.24, 2.45) is 5.92 Å². The molecular formula is C24H26N2O3. The summed E-state index contributed by atoms with van der Waals surface area (Å²) in [5.41, 5.74) is 2.38. The Morgan fingerprint density at radius 3 is 2.45 bits per heavy atom. The van der Waals surface area contributed by atoms with Crippen LogP contribution in [-0.2, 0) is 4.79 Å². The predicted molar refractivity (Wildman–Crippen MR) is 116 cm³/mol. The summed E-state index contributed by atoms with van der Waals surface area (Å²) in [4.78, 5) is 24.8. The van der Waals surface area contributed by atoms with Crippen molar-refractivity contribution in [3.63, 3.8) is 0 Å². The molecule has 0 fully saturated rings. The molecule has 0 aliphatic heterocycles. The van der Waals surface area contributed by atoms with Gasteiger partial charge in [0.15, 0.2) is 6.61 Å². The Balaban J connectivity index is 1.80. The molecule has 5 heteroatoms. The third-order valence-electron chi connectivity index (χ3n) is 4.47. The Labute approximate surface area is 171 Å². The molecule has 0 saturated heterocycles. The molecule has 0 spiro atoms. The minimum absolute atomic E-state index is 0.0639. The molecule has 3 aromatic rings. The molecule has 0 aliphatic carbocycles. The number of anilines is 1. The number of carbonyl (C=O) groups excluding carboxylic acids is 2. The molecule has 0 bridgehead atoms. The summed E-state index contributed by atoms with van der Waals surface area (Å²) in [6.45, 7) is 6.60. The van der Waals surface area contributed by atoms with Gasteiger partial charge in [-0.3, -0.25) is 9.59 Å². The second kappa shape index (κ2) is 9.24. The van der Waals surface area contributed by atoms with Gasteiger partial charge in [-0.2, -0.15) is 0 Å². The van der Waals surface area contributed by atoms with Crippen molar-refractivity contribution < 1.29 is 14.3 Å². The predicted octanol–water partition coefficient (Wildman–Crippen LogP) is 4.55. The van der Waals surface area contributed by atoms with E-state index in [-0.39, 0.29) is 18.4 Å². The lowest BCUT2D eigenvalue weighted by atomic mass is 10.0. The van der Waals surface area contributed by atoms with E-state index < -0.39 is 0 Å². The summed E-state index contributed by atoms with van der Waals surface area (Å²) >= 11 is 0. The number of aryl methyl sites for hydroxylation is 1. The largest absolute Gasteiger partial charge is 0.483 e. The van der Waals surface area contributed by atoms with Crippen LogP contribution in [-0.4, -0.2) is 25.0 Å². The van der Waals surface area contributed by atoms with E-state index in [1.54, 1.807) is 12.1 Å². The monoisotopic (exact) mass is 390 g/mol. The number of hydrogen-bond acceptors (Lipinski definition) is 3. The fourth-order valence-electron chi connectivity index (χ4n) is 3.03. The Kier molecular flexibility index (Phi) is 6.50. The van der Waals surface area contributed by atoms with Gasteiger partial charge in [-0.1, -0.05) is 50.2 Å². The number of ether oxygens (including phenoxy) is 1. The van der Waals surface area contributed by atoms with Gasteiger partial charge >= 0.3 is 0 Å². The highest BCUT2D eigenvalue weighted by Gasteiger charge is 2.14. The third kappa shape index (κ3) is 5.35. The Morgan fingerprint density at radius 2 is 1.72 bits per heavy atom. The van der Waals surface area contributed by atoms with Crippen LogP contribution in [0, 0.1) is 12.8 Å². The minimum atomic E-state index is -0.187. The van der Waals surface area contributed by atoms with Gasteiger partial charge in [-0.25, -0.2) is 0 Å². The first kappa shape index (κ1) is 20.4. The van der Waals surface area contributed by atoms with Crippen LogP contribution in [0.15, 0.2) is 60.7 Å². The molecule has 150 valence electrons. The van der Waals surface area contributed by atoms with Crippen LogP contribution in [0.4, 0.5) is 5.69 Å². The maximum atomic E-state index is 12.8. The zero-order chi connectivity index (χ0) is 20.8. The van der Waals surface area contributed by atoms with Gasteiger partial charge in [-0.15, -0.1) is 0 Å². The summed E-state index contributed by atoms with van der Waals surface area (Å²) in [6, 6.07) is 18.7. The molecule has 0 heterocycles. The normalized spacial score (nSPS) is 10.8. The summed E-state index contributed by atoms with van der Waals surface area (Å²) in [7, 11) is 0. The Bertz CT molecular complexity index is 1030. The average molecular weight is 390 g/mol. The highest BCUT2D eigenvalue weighted by molar-refractivity contribution is 6.14. The van der Waals surface area contributed by atoms with Gasteiger partial charge < -0.3 is 15.4 Å². The van der Waals surface area contributed by atoms with Crippen LogP contribution in [0.3, 0.4) is 0 Å². The van der Waals surface area contributed by atoms with Crippen LogP contribution >= 0.6 is 0 Å². The second-order valence-corrected chi connectivity index (χ2v) is 7.47. The first-order valence-electron chi connectivity index (χ1n) is 9.73. The van der Waals surface area contributed by atoms with E-state index in [4.69, 9.17) is 4.74 Å². The number of amides is 2. The smallest absolute Gasteiger partial charge is 0.257 e. The van der Waals surface area contributed by atoms with Crippen molar-refractivity contribution in [3.05, 3.63) is 71.8 Å². The van der Waals surface area contributed by atoms with E-state index in [1.165, 1.54) is 0 Å². The number of hydrogen-bond donors (Lipinski definition) is 2. The molecule has 3 aromatic carbocycles. The minimum Gasteiger partial charge on any atom is -0.483 e. The molecule has 3 rings (SSSR count). The molecular weight excluding hydrogens is 364 g/mol. The SMILES string of the molecule is Cc1cccc(NC(=O)c2ccc(OCC(=O)NCC(C)C)c3ccccc23)c1. The van der Waals surface area contributed by atoms with Gasteiger partial charge in [0.1, 0.15) is 5.75 Å². The van der Waals surface area contributed by atoms with E-state index in [0.717, 1.165) is 22.0 Å². The summed E-state index contributed by atoms with van der Waals surface area (Å²) in [6.07, 6.45) is 0. The van der Waals surface area contributed by atoms with Gasteiger partial charge in [-0.05, 0) is 48.1 Å². The number of rotatable bonds is 7. The lowest BCUT2D eigenvalue weighted by molar-refractivity contribution is -0.123. The van der Waals surface area contributed by atoms with Gasteiger partial charge in [0.25, 0.3) is 11.8 Å². The molecule has 0 radical (unpaired) electrons. The topological polar surface area (TPSA) is 67.4 Å². The van der Waals surface area contributed by atoms with E-state index in [1.807, 2.05) is 69.3 Å². The quantitative estimate of drug-likeness (QED) is 0.622. The van der Waals surface area contributed by atoms with E-state index >= 15 is 0 Å². The highest BCUT2D eigenvalue weighted by atomic mass is 16.5. The molecule has 0 atom stereocenters. The van der Waals surface area contributed by atoms with Crippen LogP contribution in [0.25, 0.3) is 10.8 Å². The number of fused-ring (bicyclic) bond motifs is 1. The maximum Gasteiger partial charge on any atom is 0.257 e. The van der Waals surface area contributed by atoms with Crippen molar-refractivity contribution in [2.45, 2.75) is 20.8 Å². The van der Waals surface area contributed by atoms with E-state index in [9.17, 15) is 9.59 Å². The summed E-state index contributed by atoms with van der Waals surface area (Å²) in [5.74, 6) is 0.607. The summed E-state index contributed by atoms with van der Waals surface area (Å²) in [5, 5.41) is 7.35. The van der Waals surface area contributed by atoms with Crippen LogP contribution in [0.5, 0.6) is 5.75 Å². The Morgan fingerprint density at radius 1 is 0.966 bits per heavy atom. The zero-order valence-corrected chi connectivity index (χ0v) is 17.0. The first-order valence-corrected chi connectivity index (χ1v) is 9.73. The molecule has 0 saturated carbocycles. The fourth-order valence-corrected chi connectivity index (χ4v) is 3.03. The van der Waals surface area contributed by atoms with E-state index in [0.29, 0.717) is 23.8 Å². The van der Waals surface area contributed by atoms with Crippen molar-refractivity contribution in [2.75, 3.05) is 18.5 Å². The lowest BCUT2D eigenvalue weighted by Crippen LogP contribution is -2.31. The number of nitrogens with one attached hydrogen (secondary N) is 2. The van der Waals surface area contributed by atoms with Gasteiger partial charge in [0, 0.05) is 23.2 Å². The summed E-state index contributed by atoms with van der Waals surface area (Å²) < 4.78 is 5.74. The molecule has 2 N–H and O–H groups in total. The van der Waals surface area contributed by atoms with Crippen LogP contribution < -0.4 is 15.4 Å². The third-order valence-corrected chi connectivity index (χ3v) is 4.47.